The molecule has 0 aliphatic carbocycles. The summed E-state index contributed by atoms with van der Waals surface area (Å²) in [7, 11) is 0. The van der Waals surface area contributed by atoms with Crippen LogP contribution in [0.4, 0.5) is 0 Å². The molecule has 16 nitrogen and oxygen atoms in total. The van der Waals surface area contributed by atoms with Gasteiger partial charge >= 0.3 is 35.8 Å². The van der Waals surface area contributed by atoms with Gasteiger partial charge in [0.1, 0.15) is 0 Å². The minimum absolute atomic E-state index is 0. The predicted molar refractivity (Wildman–Crippen MR) is 104 cm³/mol. The van der Waals surface area contributed by atoms with E-state index in [0.29, 0.717) is 0 Å². The van der Waals surface area contributed by atoms with Crippen LogP contribution in [0.1, 0.15) is 0 Å². The van der Waals surface area contributed by atoms with Crippen LogP contribution in [0, 0.1) is 0 Å². The van der Waals surface area contributed by atoms with Gasteiger partial charge in [0.25, 0.3) is 0 Å². The molecule has 0 saturated heterocycles. The molecule has 0 amide bonds. The van der Waals surface area contributed by atoms with E-state index >= 15 is 0 Å². The van der Waals surface area contributed by atoms with Crippen LogP contribution in [0.2, 0.25) is 0 Å². The average molecular weight is 596 g/mol. The summed E-state index contributed by atoms with van der Waals surface area (Å²) in [5, 5.41) is 55.6. The second-order valence-corrected chi connectivity index (χ2v) is 6.14. The Kier molecular flexibility index (Phi) is 27.3. The van der Waals surface area contributed by atoms with Gasteiger partial charge < -0.3 is 41.3 Å². The van der Waals surface area contributed by atoms with E-state index in [1.807, 2.05) is 0 Å². The van der Waals surface area contributed by atoms with Crippen LogP contribution in [0.15, 0.2) is 0 Å². The molecule has 0 unspecified atom stereocenters. The Labute approximate surface area is 215 Å². The molecule has 0 aromatic carbocycles. The fraction of sp³-hybridized carbons (Fsp3) is 0.625. The number of hydrogen-bond donors (Lipinski definition) is 8. The maximum absolute atomic E-state index is 10.4. The van der Waals surface area contributed by atoms with Gasteiger partial charge in [-0.3, -0.25) is 38.6 Å². The zero-order valence-electron chi connectivity index (χ0n) is 17.7. The second kappa shape index (κ2) is 23.8. The van der Waals surface area contributed by atoms with E-state index in [1.54, 1.807) is 0 Å². The Hall–Kier alpha value is -2.30. The molecule has 8 N–H and O–H groups in total. The van der Waals surface area contributed by atoms with Crippen LogP contribution in [0.25, 0.3) is 0 Å². The molecule has 0 heterocycles. The minimum Gasteiger partial charge on any atom is -0.480 e. The first-order chi connectivity index (χ1) is 14.8. The van der Waals surface area contributed by atoms with Gasteiger partial charge in [-0.05, 0) is 0 Å². The van der Waals surface area contributed by atoms with Crippen LogP contribution < -0.4 is 10.6 Å². The molecule has 0 saturated carbocycles. The van der Waals surface area contributed by atoms with Crippen LogP contribution in [0.3, 0.4) is 0 Å². The molecule has 0 spiro atoms. The number of nitrogens with zero attached hydrogens (tertiary/aromatic N) is 2. The van der Waals surface area contributed by atoms with Crippen molar-refractivity contribution in [2.24, 2.45) is 0 Å². The van der Waals surface area contributed by atoms with Crippen LogP contribution in [-0.2, 0) is 62.9 Å². The van der Waals surface area contributed by atoms with Crippen molar-refractivity contribution in [3.05, 3.63) is 0 Å². The molecule has 18 heteroatoms. The first-order valence-corrected chi connectivity index (χ1v) is 9.00. The third kappa shape index (κ3) is 31.9. The molecule has 0 aromatic rings. The molecule has 0 aromatic heterocycles. The molecule has 34 heavy (non-hydrogen) atoms. The van der Waals surface area contributed by atoms with Crippen molar-refractivity contribution < 1.29 is 93.5 Å². The Bertz CT molecular complexity index is 567. The normalized spacial score (nSPS) is 9.71. The summed E-state index contributed by atoms with van der Waals surface area (Å²) >= 11 is 0. The maximum atomic E-state index is 10.4. The van der Waals surface area contributed by atoms with E-state index in [0.717, 1.165) is 0 Å². The molecule has 0 bridgehead atoms. The third-order valence-electron chi connectivity index (χ3n) is 3.20. The number of carbonyl (C=O) groups is 6. The van der Waals surface area contributed by atoms with E-state index in [-0.39, 0.29) is 99.6 Å². The van der Waals surface area contributed by atoms with E-state index in [2.05, 4.69) is 10.6 Å². The van der Waals surface area contributed by atoms with Gasteiger partial charge in [0, 0.05) is 60.3 Å². The minimum atomic E-state index is -1.13. The first-order valence-electron chi connectivity index (χ1n) is 9.00. The quantitative estimate of drug-likeness (QED) is 0.0559. The van der Waals surface area contributed by atoms with E-state index < -0.39 is 35.8 Å². The fourth-order valence-corrected chi connectivity index (χ4v) is 2.06. The maximum Gasteiger partial charge on any atom is 0.317 e. The molecular formula is C16H28Cu2N4O12. The Morgan fingerprint density at radius 2 is 0.706 bits per heavy atom. The molecular weight excluding hydrogens is 567 g/mol. The molecule has 0 aliphatic rings. The van der Waals surface area contributed by atoms with Crippen molar-refractivity contribution in [1.82, 2.24) is 20.4 Å². The second-order valence-electron chi connectivity index (χ2n) is 6.14. The summed E-state index contributed by atoms with van der Waals surface area (Å²) in [4.78, 5) is 64.2. The number of rotatable bonds is 18. The van der Waals surface area contributed by atoms with E-state index in [1.165, 1.54) is 9.80 Å². The standard InChI is InChI=1S/2C8H14N2O6.2Cu/c2*11-6(12)3-9-1-2-10(4-7(13)14)5-8(15)16;;/h2*9H,1-5H2,(H,11,12)(H,13,14)(H,15,16);;. The van der Waals surface area contributed by atoms with Crippen LogP contribution >= 0.6 is 0 Å². The number of nitrogens with one attached hydrogen (secondary N) is 2. The summed E-state index contributed by atoms with van der Waals surface area (Å²) < 4.78 is 0. The van der Waals surface area contributed by atoms with Gasteiger partial charge in [-0.2, -0.15) is 0 Å². The largest absolute Gasteiger partial charge is 0.480 e. The smallest absolute Gasteiger partial charge is 0.317 e. The van der Waals surface area contributed by atoms with Crippen molar-refractivity contribution in [3.63, 3.8) is 0 Å². The zero-order valence-corrected chi connectivity index (χ0v) is 19.6. The van der Waals surface area contributed by atoms with Crippen molar-refractivity contribution >= 4 is 35.8 Å². The average Bonchev–Trinajstić information content (AvgIpc) is 2.60. The zero-order chi connectivity index (χ0) is 25.1. The van der Waals surface area contributed by atoms with Crippen molar-refractivity contribution in [3.8, 4) is 0 Å². The van der Waals surface area contributed by atoms with Gasteiger partial charge in [0.15, 0.2) is 0 Å². The molecule has 0 rings (SSSR count). The summed E-state index contributed by atoms with van der Waals surface area (Å²) in [6.45, 7) is -1.29. The summed E-state index contributed by atoms with van der Waals surface area (Å²) in [5.74, 6) is -6.55. The number of hydrogen-bond acceptors (Lipinski definition) is 10. The number of carboxylic acid groups (broad SMARTS) is 6. The van der Waals surface area contributed by atoms with Gasteiger partial charge in [0.2, 0.25) is 0 Å². The van der Waals surface area contributed by atoms with E-state index in [9.17, 15) is 28.8 Å². The first kappa shape index (κ1) is 38.9. The van der Waals surface area contributed by atoms with Gasteiger partial charge in [-0.15, -0.1) is 0 Å². The molecule has 0 fully saturated rings. The van der Waals surface area contributed by atoms with Gasteiger partial charge in [-0.25, -0.2) is 0 Å². The SMILES string of the molecule is O=C(O)CNCCN(CC(=O)O)CC(=O)O.O=C(O)CNCCN(CC(=O)O)CC(=O)O.[Cu].[Cu]. The number of carboxylic acids is 6. The fourth-order valence-electron chi connectivity index (χ4n) is 2.06. The van der Waals surface area contributed by atoms with Crippen molar-refractivity contribution in [2.45, 2.75) is 0 Å². The van der Waals surface area contributed by atoms with E-state index in [4.69, 9.17) is 30.6 Å². The predicted octanol–water partition coefficient (Wildman–Crippen LogP) is -3.74. The molecule has 206 valence electrons. The Morgan fingerprint density at radius 1 is 0.471 bits per heavy atom. The number of aliphatic carboxylic acids is 6. The van der Waals surface area contributed by atoms with Gasteiger partial charge in [0.05, 0.1) is 39.3 Å². The summed E-state index contributed by atoms with van der Waals surface area (Å²) in [6, 6.07) is 0. The third-order valence-corrected chi connectivity index (χ3v) is 3.20. The monoisotopic (exact) mass is 594 g/mol. The molecule has 0 atom stereocenters. The van der Waals surface area contributed by atoms with Crippen molar-refractivity contribution in [2.75, 3.05) is 65.4 Å². The Morgan fingerprint density at radius 3 is 0.882 bits per heavy atom. The molecule has 2 radical (unpaired) electrons. The summed E-state index contributed by atoms with van der Waals surface area (Å²) in [5.41, 5.74) is 0. The molecule has 0 aliphatic heterocycles. The van der Waals surface area contributed by atoms with Gasteiger partial charge in [-0.1, -0.05) is 0 Å². The topological polar surface area (TPSA) is 254 Å². The van der Waals surface area contributed by atoms with Crippen LogP contribution in [-0.4, -0.2) is 142 Å². The van der Waals surface area contributed by atoms with Crippen LogP contribution in [0.5, 0.6) is 0 Å². The Balaban J connectivity index is -0.000000250. The van der Waals surface area contributed by atoms with Crippen molar-refractivity contribution in [1.29, 1.82) is 0 Å². The summed E-state index contributed by atoms with van der Waals surface area (Å²) in [6.07, 6.45) is 0.